The van der Waals surface area contributed by atoms with Gasteiger partial charge in [0, 0.05) is 24.9 Å². The number of nitrogens with zero attached hydrogens (tertiary/aromatic N) is 2. The van der Waals surface area contributed by atoms with Gasteiger partial charge in [0.15, 0.2) is 0 Å². The normalized spacial score (nSPS) is 20.4. The van der Waals surface area contributed by atoms with Crippen molar-refractivity contribution in [3.8, 4) is 0 Å². The molecule has 4 rings (SSSR count). The molecule has 144 valence electrons. The molecule has 2 aromatic carbocycles. The molecule has 5 heteroatoms. The molecular weight excluding hydrogens is 370 g/mol. The number of carbonyl (C=O) groups excluding carboxylic acids is 1. The quantitative estimate of drug-likeness (QED) is 0.834. The van der Waals surface area contributed by atoms with Crippen molar-refractivity contribution in [1.29, 1.82) is 0 Å². The zero-order valence-corrected chi connectivity index (χ0v) is 16.7. The van der Waals surface area contributed by atoms with E-state index >= 15 is 0 Å². The molecule has 1 aliphatic heterocycles. The van der Waals surface area contributed by atoms with Gasteiger partial charge in [-0.3, -0.25) is 9.79 Å². The molecule has 28 heavy (non-hydrogen) atoms. The fraction of sp³-hybridized carbons (Fsp3) is 0.304. The number of rotatable bonds is 3. The summed E-state index contributed by atoms with van der Waals surface area (Å²) in [7, 11) is 1.75. The van der Waals surface area contributed by atoms with E-state index in [1.165, 1.54) is 0 Å². The third-order valence-corrected chi connectivity index (χ3v) is 5.99. The Bertz CT molecular complexity index is 961. The molecule has 1 saturated heterocycles. The molecule has 2 aliphatic rings. The smallest absolute Gasteiger partial charge is 0.255 e. The van der Waals surface area contributed by atoms with E-state index in [0.29, 0.717) is 36.0 Å². The number of halogens is 1. The summed E-state index contributed by atoms with van der Waals surface area (Å²) in [4.78, 5) is 19.4. The lowest BCUT2D eigenvalue weighted by atomic mass is 9.95. The Kier molecular flexibility index (Phi) is 5.23. The Hall–Kier alpha value is -2.59. The van der Waals surface area contributed by atoms with Crippen LogP contribution in [0.1, 0.15) is 46.7 Å². The summed E-state index contributed by atoms with van der Waals surface area (Å²) >= 11 is 6.58. The first-order chi connectivity index (χ1) is 13.6. The van der Waals surface area contributed by atoms with Crippen LogP contribution in [0.5, 0.6) is 0 Å². The lowest BCUT2D eigenvalue weighted by Gasteiger charge is -2.31. The number of likely N-dealkylation sites (tertiary alicyclic amines) is 1. The molecule has 1 saturated carbocycles. The Balaban J connectivity index is 1.58. The van der Waals surface area contributed by atoms with Gasteiger partial charge in [-0.1, -0.05) is 54.1 Å². The van der Waals surface area contributed by atoms with Gasteiger partial charge >= 0.3 is 0 Å². The van der Waals surface area contributed by atoms with Crippen molar-refractivity contribution in [3.05, 3.63) is 75.8 Å². The van der Waals surface area contributed by atoms with Gasteiger partial charge in [0.25, 0.3) is 5.91 Å². The van der Waals surface area contributed by atoms with Gasteiger partial charge in [0.1, 0.15) is 0 Å². The average molecular weight is 394 g/mol. The summed E-state index contributed by atoms with van der Waals surface area (Å²) in [6, 6.07) is 15.7. The molecule has 2 fully saturated rings. The van der Waals surface area contributed by atoms with E-state index < -0.39 is 0 Å². The number of hydrogen-bond donors (Lipinski definition) is 1. The number of benzene rings is 2. The highest BCUT2D eigenvalue weighted by Gasteiger charge is 2.31. The first-order valence-corrected chi connectivity index (χ1v) is 10.1. The molecule has 0 radical (unpaired) electrons. The highest BCUT2D eigenvalue weighted by atomic mass is 35.5. The lowest BCUT2D eigenvalue weighted by molar-refractivity contribution is 0.0776. The van der Waals surface area contributed by atoms with E-state index in [1.807, 2.05) is 53.4 Å². The minimum absolute atomic E-state index is 0.0361. The summed E-state index contributed by atoms with van der Waals surface area (Å²) in [6.45, 7) is 1.05. The Morgan fingerprint density at radius 1 is 1.14 bits per heavy atom. The van der Waals surface area contributed by atoms with Gasteiger partial charge in [-0.25, -0.2) is 0 Å². The number of nitrogens with two attached hydrogens (primary N) is 1. The van der Waals surface area contributed by atoms with Crippen LogP contribution in [0.4, 0.5) is 0 Å². The third kappa shape index (κ3) is 3.57. The zero-order valence-electron chi connectivity index (χ0n) is 16.0. The van der Waals surface area contributed by atoms with Crippen LogP contribution in [0, 0.1) is 0 Å². The van der Waals surface area contributed by atoms with E-state index in [1.54, 1.807) is 7.05 Å². The van der Waals surface area contributed by atoms with E-state index in [0.717, 1.165) is 41.0 Å². The van der Waals surface area contributed by atoms with Crippen LogP contribution >= 0.6 is 11.6 Å². The molecule has 0 spiro atoms. The van der Waals surface area contributed by atoms with Crippen molar-refractivity contribution in [2.45, 2.75) is 25.2 Å². The number of carbonyl (C=O) groups is 1. The molecule has 2 aromatic rings. The topological polar surface area (TPSA) is 58.7 Å². The Labute approximate surface area is 170 Å². The SMILES string of the molecule is CN=C1CN(C(=O)c2cccc(C3CC3)c2Cl)CCC1=C(N)c1ccccc1. The molecule has 2 N–H and O–H groups in total. The van der Waals surface area contributed by atoms with Crippen LogP contribution < -0.4 is 5.73 Å². The number of hydrogen-bond acceptors (Lipinski definition) is 3. The lowest BCUT2D eigenvalue weighted by Crippen LogP contribution is -2.42. The van der Waals surface area contributed by atoms with E-state index in [4.69, 9.17) is 17.3 Å². The fourth-order valence-corrected chi connectivity index (χ4v) is 4.16. The summed E-state index contributed by atoms with van der Waals surface area (Å²) in [6.07, 6.45) is 2.99. The van der Waals surface area contributed by atoms with Crippen LogP contribution in [0.25, 0.3) is 5.70 Å². The largest absolute Gasteiger partial charge is 0.398 e. The van der Waals surface area contributed by atoms with Crippen LogP contribution in [-0.4, -0.2) is 36.7 Å². The maximum absolute atomic E-state index is 13.2. The first-order valence-electron chi connectivity index (χ1n) is 9.68. The van der Waals surface area contributed by atoms with Gasteiger partial charge in [0.2, 0.25) is 0 Å². The number of amides is 1. The molecular formula is C23H24ClN3O. The van der Waals surface area contributed by atoms with Crippen molar-refractivity contribution >= 4 is 28.9 Å². The van der Waals surface area contributed by atoms with Crippen molar-refractivity contribution in [1.82, 2.24) is 4.90 Å². The maximum atomic E-state index is 13.2. The second-order valence-corrected chi connectivity index (χ2v) is 7.77. The second kappa shape index (κ2) is 7.80. The summed E-state index contributed by atoms with van der Waals surface area (Å²) in [5.41, 5.74) is 11.7. The predicted molar refractivity (Wildman–Crippen MR) is 115 cm³/mol. The third-order valence-electron chi connectivity index (χ3n) is 5.56. The number of aliphatic imine (C=N–C) groups is 1. The van der Waals surface area contributed by atoms with Crippen molar-refractivity contribution in [2.24, 2.45) is 10.7 Å². The van der Waals surface area contributed by atoms with Crippen LogP contribution in [0.3, 0.4) is 0 Å². The molecule has 0 aromatic heterocycles. The van der Waals surface area contributed by atoms with E-state index in [2.05, 4.69) is 4.99 Å². The van der Waals surface area contributed by atoms with Crippen molar-refractivity contribution in [2.75, 3.05) is 20.1 Å². The number of piperidine rings is 1. The highest BCUT2D eigenvalue weighted by Crippen LogP contribution is 2.44. The molecule has 1 heterocycles. The van der Waals surface area contributed by atoms with Gasteiger partial charge < -0.3 is 10.6 Å². The summed E-state index contributed by atoms with van der Waals surface area (Å²) < 4.78 is 0. The molecule has 0 unspecified atom stereocenters. The molecule has 1 aliphatic carbocycles. The molecule has 1 amide bonds. The van der Waals surface area contributed by atoms with Crippen molar-refractivity contribution < 1.29 is 4.79 Å². The predicted octanol–water partition coefficient (Wildman–Crippen LogP) is 4.50. The minimum atomic E-state index is -0.0361. The molecule has 0 atom stereocenters. The van der Waals surface area contributed by atoms with Gasteiger partial charge in [0.05, 0.1) is 22.8 Å². The fourth-order valence-electron chi connectivity index (χ4n) is 3.80. The maximum Gasteiger partial charge on any atom is 0.255 e. The van der Waals surface area contributed by atoms with Crippen molar-refractivity contribution in [3.63, 3.8) is 0 Å². The van der Waals surface area contributed by atoms with Gasteiger partial charge in [-0.2, -0.15) is 0 Å². The van der Waals surface area contributed by atoms with E-state index in [9.17, 15) is 4.79 Å². The summed E-state index contributed by atoms with van der Waals surface area (Å²) in [5.74, 6) is 0.473. The molecule has 0 bridgehead atoms. The van der Waals surface area contributed by atoms with Crippen LogP contribution in [0.15, 0.2) is 59.1 Å². The first kappa shape index (κ1) is 18.8. The molecule has 4 nitrogen and oxygen atoms in total. The highest BCUT2D eigenvalue weighted by molar-refractivity contribution is 6.34. The Morgan fingerprint density at radius 2 is 1.89 bits per heavy atom. The minimum Gasteiger partial charge on any atom is -0.398 e. The average Bonchev–Trinajstić information content (AvgIpc) is 3.58. The second-order valence-electron chi connectivity index (χ2n) is 7.39. The monoisotopic (exact) mass is 393 g/mol. The van der Waals surface area contributed by atoms with Crippen LogP contribution in [-0.2, 0) is 0 Å². The van der Waals surface area contributed by atoms with E-state index in [-0.39, 0.29) is 5.91 Å². The van der Waals surface area contributed by atoms with Gasteiger partial charge in [-0.05, 0) is 42.4 Å². The standard InChI is InChI=1S/C23H24ClN3O/c1-26-20-14-27(13-12-18(20)22(25)16-6-3-2-4-7-16)23(28)19-9-5-8-17(21(19)24)15-10-11-15/h2-9,15H,10-14,25H2,1H3. The zero-order chi connectivity index (χ0) is 19.7. The van der Waals surface area contributed by atoms with Gasteiger partial charge in [-0.15, -0.1) is 0 Å². The Morgan fingerprint density at radius 3 is 2.57 bits per heavy atom. The van der Waals surface area contributed by atoms with Crippen LogP contribution in [0.2, 0.25) is 5.02 Å². The summed E-state index contributed by atoms with van der Waals surface area (Å²) in [5, 5.41) is 0.607.